The van der Waals surface area contributed by atoms with Gasteiger partial charge in [-0.25, -0.2) is 15.0 Å². The van der Waals surface area contributed by atoms with Gasteiger partial charge >= 0.3 is 0 Å². The molecular weight excluding hydrogens is 298 g/mol. The molecule has 0 unspecified atom stereocenters. The number of hydrogen-bond donors (Lipinski definition) is 0. The second kappa shape index (κ2) is 4.83. The molecule has 5 nitrogen and oxygen atoms in total. The van der Waals surface area contributed by atoms with E-state index in [2.05, 4.69) is 43.8 Å². The minimum atomic E-state index is 0.679. The quantitative estimate of drug-likeness (QED) is 0.443. The lowest BCUT2D eigenvalue weighted by Crippen LogP contribution is -2.01. The summed E-state index contributed by atoms with van der Waals surface area (Å²) in [6.45, 7) is 0. The number of aryl methyl sites for hydroxylation is 1. The Morgan fingerprint density at radius 2 is 1.75 bits per heavy atom. The SMILES string of the molecule is Cn1c(-c2ccccn2)ccc2ccc3cc4ncnc4nc3c21. The fraction of sp³-hybridized carbons (Fsp3) is 0.0526. The number of aromatic nitrogens is 5. The van der Waals surface area contributed by atoms with Gasteiger partial charge in [0.15, 0.2) is 5.65 Å². The van der Waals surface area contributed by atoms with E-state index in [0.717, 1.165) is 38.7 Å². The van der Waals surface area contributed by atoms with Gasteiger partial charge in [-0.1, -0.05) is 24.3 Å². The lowest BCUT2D eigenvalue weighted by molar-refractivity contribution is 0.958. The van der Waals surface area contributed by atoms with Crippen LogP contribution >= 0.6 is 0 Å². The summed E-state index contributed by atoms with van der Waals surface area (Å²) in [6, 6.07) is 16.4. The molecule has 5 rings (SSSR count). The third kappa shape index (κ3) is 1.81. The molecule has 0 spiro atoms. The lowest BCUT2D eigenvalue weighted by atomic mass is 10.1. The summed E-state index contributed by atoms with van der Waals surface area (Å²) in [6.07, 6.45) is 3.36. The summed E-state index contributed by atoms with van der Waals surface area (Å²) in [5, 5.41) is 2.19. The number of imidazole rings is 1. The van der Waals surface area contributed by atoms with Crippen LogP contribution < -0.4 is 0 Å². The maximum absolute atomic E-state index is 4.75. The largest absolute Gasteiger partial charge is 0.341 e. The van der Waals surface area contributed by atoms with Crippen LogP contribution in [0.2, 0.25) is 0 Å². The van der Waals surface area contributed by atoms with Crippen molar-refractivity contribution in [1.29, 1.82) is 0 Å². The Balaban J connectivity index is 1.93. The first-order chi connectivity index (χ1) is 11.8. The first kappa shape index (κ1) is 13.1. The molecule has 5 aromatic rings. The number of pyridine rings is 3. The van der Waals surface area contributed by atoms with Crippen molar-refractivity contribution in [2.75, 3.05) is 0 Å². The highest BCUT2D eigenvalue weighted by Gasteiger charge is 2.11. The Labute approximate surface area is 137 Å². The van der Waals surface area contributed by atoms with Crippen molar-refractivity contribution in [2.45, 2.75) is 0 Å². The third-order valence-corrected chi connectivity index (χ3v) is 4.37. The lowest BCUT2D eigenvalue weighted by Gasteiger charge is -2.14. The first-order valence-corrected chi connectivity index (χ1v) is 7.72. The normalized spacial score (nSPS) is 11.5. The van der Waals surface area contributed by atoms with E-state index in [1.807, 2.05) is 37.5 Å². The molecule has 0 amide bonds. The van der Waals surface area contributed by atoms with Crippen LogP contribution in [0.15, 0.2) is 61.1 Å². The second-order valence-electron chi connectivity index (χ2n) is 5.77. The van der Waals surface area contributed by atoms with Crippen molar-refractivity contribution in [3.05, 3.63) is 61.1 Å². The van der Waals surface area contributed by atoms with Crippen LogP contribution in [-0.2, 0) is 7.05 Å². The maximum Gasteiger partial charge on any atom is 0.180 e. The standard InChI is InChI=1S/C19H13N5/c1-24-16(14-4-2-3-9-20-14)8-7-12-5-6-13-10-15-19(22-11-21-15)23-17(13)18(12)24/h2-11H,1H3. The predicted octanol–water partition coefficient (Wildman–Crippen LogP) is 3.73. The van der Waals surface area contributed by atoms with Gasteiger partial charge in [0, 0.05) is 24.0 Å². The average Bonchev–Trinajstić information content (AvgIpc) is 3.08. The molecule has 114 valence electrons. The molecule has 1 aromatic carbocycles. The minimum Gasteiger partial charge on any atom is -0.341 e. The number of rotatable bonds is 1. The van der Waals surface area contributed by atoms with E-state index in [1.54, 1.807) is 6.33 Å². The van der Waals surface area contributed by atoms with Gasteiger partial charge in [0.05, 0.1) is 22.4 Å². The van der Waals surface area contributed by atoms with E-state index < -0.39 is 0 Å². The molecule has 0 bridgehead atoms. The zero-order valence-corrected chi connectivity index (χ0v) is 13.0. The van der Waals surface area contributed by atoms with E-state index in [9.17, 15) is 0 Å². The molecule has 0 atom stereocenters. The van der Waals surface area contributed by atoms with E-state index in [4.69, 9.17) is 4.98 Å². The average molecular weight is 311 g/mol. The molecule has 0 radical (unpaired) electrons. The van der Waals surface area contributed by atoms with Crippen molar-refractivity contribution >= 4 is 33.0 Å². The topological polar surface area (TPSA) is 56.5 Å². The first-order valence-electron chi connectivity index (χ1n) is 7.72. The molecule has 5 heteroatoms. The van der Waals surface area contributed by atoms with E-state index >= 15 is 0 Å². The highest BCUT2D eigenvalue weighted by Crippen LogP contribution is 2.29. The highest BCUT2D eigenvalue weighted by molar-refractivity contribution is 6.06. The monoisotopic (exact) mass is 311 g/mol. The summed E-state index contributed by atoms with van der Waals surface area (Å²) in [5.74, 6) is 0. The van der Waals surface area contributed by atoms with Crippen LogP contribution in [0.5, 0.6) is 0 Å². The van der Waals surface area contributed by atoms with E-state index in [1.165, 1.54) is 0 Å². The zero-order valence-electron chi connectivity index (χ0n) is 13.0. The Morgan fingerprint density at radius 3 is 2.62 bits per heavy atom. The Morgan fingerprint density at radius 1 is 0.875 bits per heavy atom. The predicted molar refractivity (Wildman–Crippen MR) is 94.5 cm³/mol. The van der Waals surface area contributed by atoms with Gasteiger partial charge < -0.3 is 4.57 Å². The van der Waals surface area contributed by atoms with Crippen LogP contribution in [0.4, 0.5) is 0 Å². The van der Waals surface area contributed by atoms with Crippen LogP contribution in [0, 0.1) is 0 Å². The summed E-state index contributed by atoms with van der Waals surface area (Å²) in [7, 11) is 2.05. The third-order valence-electron chi connectivity index (χ3n) is 4.37. The molecule has 24 heavy (non-hydrogen) atoms. The summed E-state index contributed by atoms with van der Waals surface area (Å²) in [4.78, 5) is 17.7. The number of fused-ring (bicyclic) bond motifs is 4. The zero-order chi connectivity index (χ0) is 16.1. The van der Waals surface area contributed by atoms with Gasteiger partial charge in [-0.3, -0.25) is 4.98 Å². The van der Waals surface area contributed by atoms with Crippen molar-refractivity contribution in [3.8, 4) is 11.4 Å². The fourth-order valence-corrected chi connectivity index (χ4v) is 3.22. The van der Waals surface area contributed by atoms with Gasteiger partial charge in [-0.05, 0) is 24.3 Å². The Bertz CT molecular complexity index is 1210. The van der Waals surface area contributed by atoms with Crippen LogP contribution in [0.25, 0.3) is 44.4 Å². The van der Waals surface area contributed by atoms with Gasteiger partial charge in [-0.15, -0.1) is 0 Å². The molecule has 4 heterocycles. The smallest absolute Gasteiger partial charge is 0.180 e. The van der Waals surface area contributed by atoms with Crippen LogP contribution in [-0.4, -0.2) is 24.5 Å². The molecule has 4 aromatic heterocycles. The summed E-state index contributed by atoms with van der Waals surface area (Å²) >= 11 is 0. The second-order valence-corrected chi connectivity index (χ2v) is 5.77. The van der Waals surface area contributed by atoms with Gasteiger partial charge in [0.25, 0.3) is 0 Å². The fourth-order valence-electron chi connectivity index (χ4n) is 3.22. The number of benzene rings is 1. The minimum absolute atomic E-state index is 0.679. The summed E-state index contributed by atoms with van der Waals surface area (Å²) < 4.78 is 2.15. The Hall–Kier alpha value is -3.34. The number of nitrogens with zero attached hydrogens (tertiary/aromatic N) is 5. The van der Waals surface area contributed by atoms with Crippen molar-refractivity contribution < 1.29 is 0 Å². The molecule has 0 aliphatic heterocycles. The molecule has 0 aliphatic rings. The van der Waals surface area contributed by atoms with Gasteiger partial charge in [0.1, 0.15) is 11.8 Å². The highest BCUT2D eigenvalue weighted by atomic mass is 15.0. The van der Waals surface area contributed by atoms with Gasteiger partial charge in [0.2, 0.25) is 0 Å². The van der Waals surface area contributed by atoms with Gasteiger partial charge in [-0.2, -0.15) is 0 Å². The van der Waals surface area contributed by atoms with E-state index in [0.29, 0.717) is 5.65 Å². The Kier molecular flexibility index (Phi) is 2.64. The molecular formula is C19H13N5. The molecule has 0 N–H and O–H groups in total. The summed E-state index contributed by atoms with van der Waals surface area (Å²) in [5.41, 5.74) is 5.49. The van der Waals surface area contributed by atoms with Crippen LogP contribution in [0.1, 0.15) is 0 Å². The maximum atomic E-state index is 4.75. The van der Waals surface area contributed by atoms with Crippen molar-refractivity contribution in [1.82, 2.24) is 24.5 Å². The van der Waals surface area contributed by atoms with Crippen LogP contribution in [0.3, 0.4) is 0 Å². The van der Waals surface area contributed by atoms with Crippen molar-refractivity contribution in [3.63, 3.8) is 0 Å². The van der Waals surface area contributed by atoms with Crippen molar-refractivity contribution in [2.24, 2.45) is 7.05 Å². The molecule has 0 fully saturated rings. The molecule has 0 saturated carbocycles. The number of hydrogen-bond acceptors (Lipinski definition) is 4. The molecule has 0 saturated heterocycles. The molecule has 0 aliphatic carbocycles. The van der Waals surface area contributed by atoms with E-state index in [-0.39, 0.29) is 0 Å².